The number of carbonyl (C=O) groups is 2. The van der Waals surface area contributed by atoms with Crippen LogP contribution in [0.2, 0.25) is 0 Å². The molecular formula is C22H23N3O5S. The SMILES string of the molecule is COC(=O)c1ccc(-c2c(C(=O)OC)c(C)nc3nc(SCC(C)C)[nH]c(=O)c23)cc1. The molecule has 0 fully saturated rings. The topological polar surface area (TPSA) is 111 Å². The molecule has 8 nitrogen and oxygen atoms in total. The number of rotatable bonds is 6. The van der Waals surface area contributed by atoms with Gasteiger partial charge in [0.15, 0.2) is 10.8 Å². The van der Waals surface area contributed by atoms with Crippen molar-refractivity contribution in [3.05, 3.63) is 51.4 Å². The highest BCUT2D eigenvalue weighted by molar-refractivity contribution is 7.99. The molecule has 0 spiro atoms. The van der Waals surface area contributed by atoms with Crippen LogP contribution in [0.5, 0.6) is 0 Å². The van der Waals surface area contributed by atoms with Gasteiger partial charge in [0, 0.05) is 11.3 Å². The maximum Gasteiger partial charge on any atom is 0.340 e. The number of ether oxygens (including phenoxy) is 2. The molecule has 31 heavy (non-hydrogen) atoms. The monoisotopic (exact) mass is 441 g/mol. The van der Waals surface area contributed by atoms with Crippen molar-refractivity contribution in [1.29, 1.82) is 0 Å². The number of thioether (sulfide) groups is 1. The zero-order valence-electron chi connectivity index (χ0n) is 17.9. The van der Waals surface area contributed by atoms with Gasteiger partial charge in [-0.1, -0.05) is 37.7 Å². The second-order valence-electron chi connectivity index (χ2n) is 7.28. The van der Waals surface area contributed by atoms with Crippen molar-refractivity contribution in [3.8, 4) is 11.1 Å². The van der Waals surface area contributed by atoms with Crippen molar-refractivity contribution in [3.63, 3.8) is 0 Å². The van der Waals surface area contributed by atoms with E-state index in [0.717, 1.165) is 5.75 Å². The van der Waals surface area contributed by atoms with Gasteiger partial charge in [-0.05, 0) is 30.5 Å². The van der Waals surface area contributed by atoms with Gasteiger partial charge in [-0.3, -0.25) is 4.79 Å². The Morgan fingerprint density at radius 3 is 2.29 bits per heavy atom. The number of nitrogens with zero attached hydrogens (tertiary/aromatic N) is 2. The summed E-state index contributed by atoms with van der Waals surface area (Å²) in [4.78, 5) is 49.1. The number of pyridine rings is 1. The molecule has 1 N–H and O–H groups in total. The van der Waals surface area contributed by atoms with Gasteiger partial charge in [-0.2, -0.15) is 0 Å². The minimum atomic E-state index is -0.614. The molecule has 0 aliphatic carbocycles. The van der Waals surface area contributed by atoms with Gasteiger partial charge in [0.05, 0.1) is 36.4 Å². The van der Waals surface area contributed by atoms with E-state index in [1.54, 1.807) is 31.2 Å². The molecule has 9 heteroatoms. The van der Waals surface area contributed by atoms with Gasteiger partial charge in [-0.25, -0.2) is 19.6 Å². The highest BCUT2D eigenvalue weighted by Crippen LogP contribution is 2.32. The normalized spacial score (nSPS) is 11.0. The highest BCUT2D eigenvalue weighted by atomic mass is 32.2. The van der Waals surface area contributed by atoms with Crippen LogP contribution in [0.25, 0.3) is 22.2 Å². The summed E-state index contributed by atoms with van der Waals surface area (Å²) in [5.74, 6) is 0.111. The van der Waals surface area contributed by atoms with E-state index in [1.807, 2.05) is 0 Å². The van der Waals surface area contributed by atoms with Crippen LogP contribution in [-0.4, -0.2) is 46.9 Å². The largest absolute Gasteiger partial charge is 0.465 e. The predicted octanol–water partition coefficient (Wildman–Crippen LogP) is 3.61. The van der Waals surface area contributed by atoms with Crippen molar-refractivity contribution in [2.45, 2.75) is 25.9 Å². The van der Waals surface area contributed by atoms with Crippen LogP contribution >= 0.6 is 11.8 Å². The zero-order valence-corrected chi connectivity index (χ0v) is 18.8. The van der Waals surface area contributed by atoms with Crippen molar-refractivity contribution < 1.29 is 19.1 Å². The average Bonchev–Trinajstić information content (AvgIpc) is 2.75. The van der Waals surface area contributed by atoms with Gasteiger partial charge < -0.3 is 14.5 Å². The molecule has 0 saturated carbocycles. The number of methoxy groups -OCH3 is 2. The number of hydrogen-bond donors (Lipinski definition) is 1. The number of aromatic nitrogens is 3. The molecule has 0 bridgehead atoms. The summed E-state index contributed by atoms with van der Waals surface area (Å²) in [6, 6.07) is 6.43. The van der Waals surface area contributed by atoms with E-state index in [0.29, 0.717) is 33.5 Å². The Hall–Kier alpha value is -3.20. The lowest BCUT2D eigenvalue weighted by Crippen LogP contribution is -2.16. The standard InChI is InChI=1S/C22H23N3O5S/c1-11(2)10-31-22-24-18-17(19(26)25-22)16(15(12(3)23-18)21(28)30-5)13-6-8-14(9-7-13)20(27)29-4/h6-9,11H,10H2,1-5H3,(H,23,24,25,26). The van der Waals surface area contributed by atoms with Crippen LogP contribution in [0.15, 0.2) is 34.2 Å². The summed E-state index contributed by atoms with van der Waals surface area (Å²) in [6.07, 6.45) is 0. The van der Waals surface area contributed by atoms with Gasteiger partial charge in [-0.15, -0.1) is 0 Å². The van der Waals surface area contributed by atoms with Crippen molar-refractivity contribution in [2.24, 2.45) is 5.92 Å². The number of aromatic amines is 1. The number of hydrogen-bond acceptors (Lipinski definition) is 8. The molecule has 0 saturated heterocycles. The van der Waals surface area contributed by atoms with Gasteiger partial charge in [0.25, 0.3) is 5.56 Å². The first-order valence-corrected chi connectivity index (χ1v) is 10.6. The molecule has 0 aliphatic rings. The Bertz CT molecular complexity index is 1200. The number of aryl methyl sites for hydroxylation is 1. The third-order valence-electron chi connectivity index (χ3n) is 4.55. The molecular weight excluding hydrogens is 418 g/mol. The van der Waals surface area contributed by atoms with Crippen molar-refractivity contribution in [1.82, 2.24) is 15.0 Å². The molecule has 2 aromatic heterocycles. The lowest BCUT2D eigenvalue weighted by atomic mass is 9.95. The number of H-pyrrole nitrogens is 1. The fraction of sp³-hybridized carbons (Fsp3) is 0.318. The minimum absolute atomic E-state index is 0.177. The molecule has 0 aliphatic heterocycles. The second-order valence-corrected chi connectivity index (χ2v) is 8.29. The lowest BCUT2D eigenvalue weighted by Gasteiger charge is -2.14. The summed E-state index contributed by atoms with van der Waals surface area (Å²) in [6.45, 7) is 5.82. The quantitative estimate of drug-likeness (QED) is 0.351. The Balaban J connectivity index is 2.29. The van der Waals surface area contributed by atoms with Gasteiger partial charge in [0.1, 0.15) is 0 Å². The number of nitrogens with one attached hydrogen (secondary N) is 1. The summed E-state index contributed by atoms with van der Waals surface area (Å²) in [5, 5.41) is 0.654. The van der Waals surface area contributed by atoms with Gasteiger partial charge >= 0.3 is 11.9 Å². The lowest BCUT2D eigenvalue weighted by molar-refractivity contribution is 0.0591. The molecule has 3 aromatic rings. The molecule has 3 rings (SSSR count). The Morgan fingerprint density at radius 1 is 1.06 bits per heavy atom. The minimum Gasteiger partial charge on any atom is -0.465 e. The molecule has 2 heterocycles. The fourth-order valence-electron chi connectivity index (χ4n) is 3.11. The smallest absolute Gasteiger partial charge is 0.340 e. The predicted molar refractivity (Wildman–Crippen MR) is 119 cm³/mol. The van der Waals surface area contributed by atoms with Crippen molar-refractivity contribution >= 4 is 34.7 Å². The van der Waals surface area contributed by atoms with Crippen LogP contribution in [0, 0.1) is 12.8 Å². The molecule has 0 unspecified atom stereocenters. The molecule has 162 valence electrons. The van der Waals surface area contributed by atoms with E-state index in [2.05, 4.69) is 28.8 Å². The molecule has 0 amide bonds. The first-order chi connectivity index (χ1) is 14.8. The number of esters is 2. The maximum absolute atomic E-state index is 13.1. The summed E-state index contributed by atoms with van der Waals surface area (Å²) in [5.41, 5.74) is 1.67. The molecule has 1 aromatic carbocycles. The van der Waals surface area contributed by atoms with Gasteiger partial charge in [0.2, 0.25) is 0 Å². The Morgan fingerprint density at radius 2 is 1.71 bits per heavy atom. The third-order valence-corrected chi connectivity index (χ3v) is 5.85. The van der Waals surface area contributed by atoms with Crippen LogP contribution < -0.4 is 5.56 Å². The first-order valence-electron chi connectivity index (χ1n) is 9.61. The fourth-order valence-corrected chi connectivity index (χ4v) is 3.92. The van der Waals surface area contributed by atoms with E-state index in [4.69, 9.17) is 9.47 Å². The van der Waals surface area contributed by atoms with E-state index >= 15 is 0 Å². The van der Waals surface area contributed by atoms with E-state index in [-0.39, 0.29) is 16.6 Å². The summed E-state index contributed by atoms with van der Waals surface area (Å²) >= 11 is 1.44. The first kappa shape index (κ1) is 22.5. The number of benzene rings is 1. The summed E-state index contributed by atoms with van der Waals surface area (Å²) in [7, 11) is 2.57. The number of fused-ring (bicyclic) bond motifs is 1. The van der Waals surface area contributed by atoms with Crippen LogP contribution in [0.3, 0.4) is 0 Å². The zero-order chi connectivity index (χ0) is 22.7. The second kappa shape index (κ2) is 9.30. The highest BCUT2D eigenvalue weighted by Gasteiger charge is 2.24. The number of carbonyl (C=O) groups excluding carboxylic acids is 2. The molecule has 0 radical (unpaired) electrons. The van der Waals surface area contributed by atoms with Crippen molar-refractivity contribution in [2.75, 3.05) is 20.0 Å². The van der Waals surface area contributed by atoms with Crippen LogP contribution in [-0.2, 0) is 9.47 Å². The third kappa shape index (κ3) is 4.61. The molecule has 0 atom stereocenters. The van der Waals surface area contributed by atoms with E-state index in [9.17, 15) is 14.4 Å². The van der Waals surface area contributed by atoms with E-state index < -0.39 is 17.5 Å². The Kier molecular flexibility index (Phi) is 6.74. The Labute approximate surface area is 183 Å². The van der Waals surface area contributed by atoms with Crippen LogP contribution in [0.1, 0.15) is 40.3 Å². The van der Waals surface area contributed by atoms with Crippen LogP contribution in [0.4, 0.5) is 0 Å². The van der Waals surface area contributed by atoms with E-state index in [1.165, 1.54) is 26.0 Å². The average molecular weight is 442 g/mol. The summed E-state index contributed by atoms with van der Waals surface area (Å²) < 4.78 is 9.68. The maximum atomic E-state index is 13.1.